The Balaban J connectivity index is 1.34. The van der Waals surface area contributed by atoms with Crippen molar-refractivity contribution >= 4 is 5.52 Å². The molecule has 0 spiro atoms. The zero-order chi connectivity index (χ0) is 26.9. The first kappa shape index (κ1) is 23.5. The molecule has 0 saturated heterocycles. The summed E-state index contributed by atoms with van der Waals surface area (Å²) >= 11 is 0. The molecule has 4 heterocycles. The van der Waals surface area contributed by atoms with E-state index in [2.05, 4.69) is 0 Å². The van der Waals surface area contributed by atoms with Gasteiger partial charge in [0.2, 0.25) is 5.89 Å². The molecule has 0 bridgehead atoms. The van der Waals surface area contributed by atoms with Gasteiger partial charge < -0.3 is 4.42 Å². The lowest BCUT2D eigenvalue weighted by Crippen LogP contribution is -2.23. The molecule has 0 unspecified atom stereocenters. The van der Waals surface area contributed by atoms with Crippen LogP contribution in [0.3, 0.4) is 0 Å². The van der Waals surface area contributed by atoms with E-state index < -0.39 is 0 Å². The Labute approximate surface area is 229 Å². The number of fused-ring (bicyclic) bond motifs is 1. The number of rotatable bonds is 6. The molecule has 0 N–H and O–H groups in total. The van der Waals surface area contributed by atoms with Crippen molar-refractivity contribution in [3.05, 3.63) is 144 Å². The predicted octanol–water partition coefficient (Wildman–Crippen LogP) is 6.60. The summed E-state index contributed by atoms with van der Waals surface area (Å²) in [5.41, 5.74) is 6.46. The summed E-state index contributed by atoms with van der Waals surface area (Å²) in [6, 6.07) is 38.9. The summed E-state index contributed by atoms with van der Waals surface area (Å²) in [6.45, 7) is 0.0826. The van der Waals surface area contributed by atoms with Crippen molar-refractivity contribution in [2.24, 2.45) is 0 Å². The second kappa shape index (κ2) is 9.96. The Morgan fingerprint density at radius 1 is 0.625 bits per heavy atom. The molecule has 0 radical (unpaired) electrons. The van der Waals surface area contributed by atoms with Crippen LogP contribution >= 0.6 is 0 Å². The van der Waals surface area contributed by atoms with Crippen LogP contribution in [0.2, 0.25) is 0 Å². The fourth-order valence-electron chi connectivity index (χ4n) is 4.88. The van der Waals surface area contributed by atoms with E-state index in [4.69, 9.17) is 19.6 Å². The molecule has 0 aliphatic rings. The maximum absolute atomic E-state index is 13.0. The van der Waals surface area contributed by atoms with Crippen LogP contribution in [0.4, 0.5) is 0 Å². The predicted molar refractivity (Wildman–Crippen MR) is 155 cm³/mol. The molecule has 0 aliphatic heterocycles. The van der Waals surface area contributed by atoms with Gasteiger partial charge in [-0.05, 0) is 18.2 Å². The molecule has 4 aromatic heterocycles. The van der Waals surface area contributed by atoms with E-state index in [0.717, 1.165) is 39.2 Å². The molecule has 3 aromatic carbocycles. The SMILES string of the molecule is O=c1ccc(-c2c(-c3ccccc3)nn3ccccc23)nn1Cc1nc(-c2ccccc2)c(-c2ccccc2)o1. The van der Waals surface area contributed by atoms with Gasteiger partial charge in [0.25, 0.3) is 5.56 Å². The molecule has 40 heavy (non-hydrogen) atoms. The number of pyridine rings is 1. The zero-order valence-electron chi connectivity index (χ0n) is 21.4. The van der Waals surface area contributed by atoms with Gasteiger partial charge in [-0.3, -0.25) is 4.79 Å². The normalized spacial score (nSPS) is 11.2. The minimum Gasteiger partial charge on any atom is -0.438 e. The smallest absolute Gasteiger partial charge is 0.267 e. The first-order valence-corrected chi connectivity index (χ1v) is 13.0. The van der Waals surface area contributed by atoms with Gasteiger partial charge in [0.15, 0.2) is 5.76 Å². The second-order valence-electron chi connectivity index (χ2n) is 9.35. The third-order valence-electron chi connectivity index (χ3n) is 6.75. The zero-order valence-corrected chi connectivity index (χ0v) is 21.4. The van der Waals surface area contributed by atoms with Crippen LogP contribution < -0.4 is 5.56 Å². The van der Waals surface area contributed by atoms with E-state index >= 15 is 0 Å². The Morgan fingerprint density at radius 3 is 1.95 bits per heavy atom. The van der Waals surface area contributed by atoms with E-state index in [1.807, 2.05) is 120 Å². The highest BCUT2D eigenvalue weighted by molar-refractivity contribution is 5.90. The van der Waals surface area contributed by atoms with Gasteiger partial charge in [0.1, 0.15) is 17.9 Å². The Hall–Kier alpha value is -5.56. The maximum atomic E-state index is 13.0. The van der Waals surface area contributed by atoms with Gasteiger partial charge >= 0.3 is 0 Å². The minimum atomic E-state index is -0.248. The number of aromatic nitrogens is 5. The van der Waals surface area contributed by atoms with E-state index in [0.29, 0.717) is 17.3 Å². The second-order valence-corrected chi connectivity index (χ2v) is 9.35. The molecule has 7 nitrogen and oxygen atoms in total. The number of hydrogen-bond acceptors (Lipinski definition) is 5. The van der Waals surface area contributed by atoms with Crippen LogP contribution in [0.5, 0.6) is 0 Å². The molecule has 0 aliphatic carbocycles. The summed E-state index contributed by atoms with van der Waals surface area (Å²) in [5.74, 6) is 1.05. The highest BCUT2D eigenvalue weighted by Gasteiger charge is 2.20. The topological polar surface area (TPSA) is 78.2 Å². The van der Waals surface area contributed by atoms with Gasteiger partial charge in [0, 0.05) is 29.0 Å². The molecule has 0 saturated carbocycles. The van der Waals surface area contributed by atoms with Gasteiger partial charge in [-0.1, -0.05) is 97.1 Å². The number of oxazole rings is 1. The standard InChI is InChI=1S/C33H23N5O2/c39-29-20-19-26(30-27-18-10-11-21-37(27)36-31(30)23-12-4-1-5-13-23)35-38(29)22-28-34-32(24-14-6-2-7-15-24)33(40-28)25-16-8-3-9-17-25/h1-21H,22H2. The first-order chi connectivity index (χ1) is 19.7. The molecule has 192 valence electrons. The van der Waals surface area contributed by atoms with Crippen molar-refractivity contribution in [3.8, 4) is 45.1 Å². The summed E-state index contributed by atoms with van der Waals surface area (Å²) in [4.78, 5) is 17.8. The first-order valence-electron chi connectivity index (χ1n) is 13.0. The molecule has 7 aromatic rings. The van der Waals surface area contributed by atoms with E-state index in [-0.39, 0.29) is 12.1 Å². The highest BCUT2D eigenvalue weighted by Crippen LogP contribution is 2.35. The minimum absolute atomic E-state index is 0.0826. The fourth-order valence-corrected chi connectivity index (χ4v) is 4.88. The Bertz CT molecular complexity index is 1930. The molecule has 0 fully saturated rings. The average Bonchev–Trinajstić information content (AvgIpc) is 3.62. The number of nitrogens with zero attached hydrogens (tertiary/aromatic N) is 5. The van der Waals surface area contributed by atoms with Crippen molar-refractivity contribution in [1.29, 1.82) is 0 Å². The van der Waals surface area contributed by atoms with Gasteiger partial charge in [-0.15, -0.1) is 0 Å². The van der Waals surface area contributed by atoms with Crippen LogP contribution in [0.25, 0.3) is 50.6 Å². The van der Waals surface area contributed by atoms with Crippen LogP contribution in [0.15, 0.2) is 137 Å². The maximum Gasteiger partial charge on any atom is 0.267 e. The lowest BCUT2D eigenvalue weighted by atomic mass is 10.0. The molecule has 7 heteroatoms. The lowest BCUT2D eigenvalue weighted by Gasteiger charge is -2.07. The summed E-state index contributed by atoms with van der Waals surface area (Å²) in [7, 11) is 0. The molecule has 7 rings (SSSR count). The van der Waals surface area contributed by atoms with Crippen molar-refractivity contribution in [2.75, 3.05) is 0 Å². The fraction of sp³-hybridized carbons (Fsp3) is 0.0303. The van der Waals surface area contributed by atoms with Gasteiger partial charge in [-0.2, -0.15) is 10.2 Å². The quantitative estimate of drug-likeness (QED) is 0.247. The van der Waals surface area contributed by atoms with Crippen molar-refractivity contribution in [2.45, 2.75) is 6.54 Å². The molecular formula is C33H23N5O2. The highest BCUT2D eigenvalue weighted by atomic mass is 16.4. The Morgan fingerprint density at radius 2 is 1.25 bits per heavy atom. The van der Waals surface area contributed by atoms with Crippen molar-refractivity contribution in [1.82, 2.24) is 24.4 Å². The van der Waals surface area contributed by atoms with Crippen molar-refractivity contribution in [3.63, 3.8) is 0 Å². The van der Waals surface area contributed by atoms with Crippen molar-refractivity contribution < 1.29 is 4.42 Å². The third-order valence-corrected chi connectivity index (χ3v) is 6.75. The van der Waals surface area contributed by atoms with E-state index in [1.165, 1.54) is 10.7 Å². The average molecular weight is 522 g/mol. The molecule has 0 atom stereocenters. The summed E-state index contributed by atoms with van der Waals surface area (Å²) < 4.78 is 9.51. The van der Waals surface area contributed by atoms with Crippen LogP contribution in [0.1, 0.15) is 5.89 Å². The largest absolute Gasteiger partial charge is 0.438 e. The summed E-state index contributed by atoms with van der Waals surface area (Å²) in [6.07, 6.45) is 1.91. The third kappa shape index (κ3) is 4.29. The Kier molecular flexibility index (Phi) is 5.86. The van der Waals surface area contributed by atoms with Crippen LogP contribution in [0, 0.1) is 0 Å². The summed E-state index contributed by atoms with van der Waals surface area (Å²) in [5, 5.41) is 9.62. The molecular weight excluding hydrogens is 498 g/mol. The number of benzene rings is 3. The van der Waals surface area contributed by atoms with Gasteiger partial charge in [-0.25, -0.2) is 14.2 Å². The van der Waals surface area contributed by atoms with Gasteiger partial charge in [0.05, 0.1) is 16.8 Å². The van der Waals surface area contributed by atoms with Crippen LogP contribution in [-0.2, 0) is 6.54 Å². The lowest BCUT2D eigenvalue weighted by molar-refractivity contribution is 0.466. The van der Waals surface area contributed by atoms with Crippen LogP contribution in [-0.4, -0.2) is 24.4 Å². The number of hydrogen-bond donors (Lipinski definition) is 0. The monoisotopic (exact) mass is 521 g/mol. The van der Waals surface area contributed by atoms with E-state index in [1.54, 1.807) is 6.07 Å². The van der Waals surface area contributed by atoms with E-state index in [9.17, 15) is 4.79 Å². The molecule has 0 amide bonds.